The van der Waals surface area contributed by atoms with Gasteiger partial charge in [-0.2, -0.15) is 0 Å². The summed E-state index contributed by atoms with van der Waals surface area (Å²) in [6.45, 7) is 3.99. The molecular weight excluding hydrogens is 168 g/mol. The number of allylic oxidation sites excluding steroid dienone is 1. The lowest BCUT2D eigenvalue weighted by Gasteiger charge is -1.96. The van der Waals surface area contributed by atoms with Gasteiger partial charge in [-0.05, 0) is 6.92 Å². The summed E-state index contributed by atoms with van der Waals surface area (Å²) in [5.41, 5.74) is 0. The van der Waals surface area contributed by atoms with Crippen LogP contribution in [0.2, 0.25) is 0 Å². The standard InChI is InChI=1S/C10H16O3/c1-3-9(11)7-5-6-8-10(12)13-4-2/h5-6H,3-4,7-8H2,1-2H3/b6-5+. The number of hydrogen-bond donors (Lipinski definition) is 0. The van der Waals surface area contributed by atoms with Gasteiger partial charge in [-0.1, -0.05) is 19.1 Å². The summed E-state index contributed by atoms with van der Waals surface area (Å²) in [4.78, 5) is 21.6. The van der Waals surface area contributed by atoms with Crippen molar-refractivity contribution in [2.45, 2.75) is 33.1 Å². The Morgan fingerprint density at radius 1 is 1.15 bits per heavy atom. The minimum Gasteiger partial charge on any atom is -0.466 e. The Bertz CT molecular complexity index is 194. The van der Waals surface area contributed by atoms with E-state index in [-0.39, 0.29) is 18.2 Å². The summed E-state index contributed by atoms with van der Waals surface area (Å²) in [6, 6.07) is 0. The first-order chi connectivity index (χ1) is 6.20. The van der Waals surface area contributed by atoms with E-state index in [2.05, 4.69) is 0 Å². The number of Topliss-reactive ketones (excluding diaryl/α,β-unsaturated/α-hetero) is 1. The van der Waals surface area contributed by atoms with Crippen molar-refractivity contribution >= 4 is 11.8 Å². The van der Waals surface area contributed by atoms with E-state index in [4.69, 9.17) is 4.74 Å². The van der Waals surface area contributed by atoms with Gasteiger partial charge in [0.15, 0.2) is 0 Å². The number of carbonyl (C=O) groups excluding carboxylic acids is 2. The first kappa shape index (κ1) is 11.9. The number of ether oxygens (including phenoxy) is 1. The van der Waals surface area contributed by atoms with Crippen LogP contribution in [0.25, 0.3) is 0 Å². The molecule has 0 saturated carbocycles. The van der Waals surface area contributed by atoms with Crippen LogP contribution in [0.15, 0.2) is 12.2 Å². The summed E-state index contributed by atoms with van der Waals surface area (Å²) in [7, 11) is 0. The molecule has 0 radical (unpaired) electrons. The van der Waals surface area contributed by atoms with Gasteiger partial charge in [0, 0.05) is 12.8 Å². The van der Waals surface area contributed by atoms with Gasteiger partial charge in [0.25, 0.3) is 0 Å². The number of rotatable bonds is 6. The minimum absolute atomic E-state index is 0.181. The number of carbonyl (C=O) groups is 2. The van der Waals surface area contributed by atoms with Crippen LogP contribution >= 0.6 is 0 Å². The molecule has 0 unspecified atom stereocenters. The molecule has 0 aromatic carbocycles. The molecular formula is C10H16O3. The SMILES string of the molecule is CCOC(=O)C/C=C/CC(=O)CC. The van der Waals surface area contributed by atoms with E-state index in [1.54, 1.807) is 19.1 Å². The summed E-state index contributed by atoms with van der Waals surface area (Å²) in [5, 5.41) is 0. The molecule has 0 aromatic heterocycles. The van der Waals surface area contributed by atoms with E-state index >= 15 is 0 Å². The maximum atomic E-state index is 10.8. The molecule has 0 amide bonds. The highest BCUT2D eigenvalue weighted by molar-refractivity contribution is 5.79. The van der Waals surface area contributed by atoms with E-state index in [0.717, 1.165) is 0 Å². The van der Waals surface area contributed by atoms with Crippen molar-refractivity contribution in [3.63, 3.8) is 0 Å². The zero-order valence-electron chi connectivity index (χ0n) is 8.21. The molecule has 74 valence electrons. The maximum absolute atomic E-state index is 10.8. The molecule has 0 rings (SSSR count). The lowest BCUT2D eigenvalue weighted by molar-refractivity contribution is -0.142. The van der Waals surface area contributed by atoms with Gasteiger partial charge < -0.3 is 4.74 Å². The van der Waals surface area contributed by atoms with Crippen molar-refractivity contribution in [1.29, 1.82) is 0 Å². The van der Waals surface area contributed by atoms with Crippen molar-refractivity contribution < 1.29 is 14.3 Å². The van der Waals surface area contributed by atoms with Crippen LogP contribution in [0.4, 0.5) is 0 Å². The summed E-state index contributed by atoms with van der Waals surface area (Å²) in [6.07, 6.45) is 4.60. The quantitative estimate of drug-likeness (QED) is 0.467. The molecule has 13 heavy (non-hydrogen) atoms. The number of ketones is 1. The third kappa shape index (κ3) is 7.25. The van der Waals surface area contributed by atoms with Gasteiger partial charge in [-0.3, -0.25) is 9.59 Å². The Labute approximate surface area is 78.8 Å². The summed E-state index contributed by atoms with van der Waals surface area (Å²) < 4.78 is 4.70. The predicted octanol–water partition coefficient (Wildman–Crippen LogP) is 1.86. The molecule has 0 N–H and O–H groups in total. The Balaban J connectivity index is 3.51. The Morgan fingerprint density at radius 3 is 2.31 bits per heavy atom. The second-order valence-electron chi connectivity index (χ2n) is 2.58. The van der Waals surface area contributed by atoms with Gasteiger partial charge in [-0.25, -0.2) is 0 Å². The molecule has 0 saturated heterocycles. The molecule has 3 nitrogen and oxygen atoms in total. The highest BCUT2D eigenvalue weighted by atomic mass is 16.5. The third-order valence-corrected chi connectivity index (χ3v) is 1.50. The fourth-order valence-electron chi connectivity index (χ4n) is 0.759. The molecule has 0 spiro atoms. The van der Waals surface area contributed by atoms with Gasteiger partial charge >= 0.3 is 5.97 Å². The second-order valence-corrected chi connectivity index (χ2v) is 2.58. The lowest BCUT2D eigenvalue weighted by Crippen LogP contribution is -2.01. The zero-order chi connectivity index (χ0) is 10.1. The average Bonchev–Trinajstić information content (AvgIpc) is 2.12. The van der Waals surface area contributed by atoms with Gasteiger partial charge in [0.05, 0.1) is 13.0 Å². The topological polar surface area (TPSA) is 43.4 Å². The minimum atomic E-state index is -0.248. The molecule has 3 heteroatoms. The highest BCUT2D eigenvalue weighted by Gasteiger charge is 1.97. The van der Waals surface area contributed by atoms with Crippen LogP contribution < -0.4 is 0 Å². The molecule has 0 fully saturated rings. The Kier molecular flexibility index (Phi) is 6.88. The van der Waals surface area contributed by atoms with Gasteiger partial charge in [-0.15, -0.1) is 0 Å². The third-order valence-electron chi connectivity index (χ3n) is 1.50. The summed E-state index contributed by atoms with van der Waals surface area (Å²) >= 11 is 0. The van der Waals surface area contributed by atoms with Crippen LogP contribution in [0.5, 0.6) is 0 Å². The van der Waals surface area contributed by atoms with Crippen LogP contribution in [0.1, 0.15) is 33.1 Å². The van der Waals surface area contributed by atoms with Crippen LogP contribution in [-0.4, -0.2) is 18.4 Å². The van der Waals surface area contributed by atoms with E-state index in [0.29, 0.717) is 19.4 Å². The monoisotopic (exact) mass is 184 g/mol. The average molecular weight is 184 g/mol. The van der Waals surface area contributed by atoms with Crippen LogP contribution in [-0.2, 0) is 14.3 Å². The molecule has 0 aliphatic heterocycles. The van der Waals surface area contributed by atoms with Crippen molar-refractivity contribution in [3.05, 3.63) is 12.2 Å². The van der Waals surface area contributed by atoms with E-state index in [1.807, 2.05) is 6.92 Å². The zero-order valence-corrected chi connectivity index (χ0v) is 8.21. The lowest BCUT2D eigenvalue weighted by atomic mass is 10.2. The number of esters is 1. The van der Waals surface area contributed by atoms with Crippen molar-refractivity contribution in [2.75, 3.05) is 6.61 Å². The van der Waals surface area contributed by atoms with Crippen LogP contribution in [0.3, 0.4) is 0 Å². The molecule has 0 bridgehead atoms. The van der Waals surface area contributed by atoms with Crippen molar-refractivity contribution in [2.24, 2.45) is 0 Å². The van der Waals surface area contributed by atoms with Gasteiger partial charge in [0.1, 0.15) is 5.78 Å². The van der Waals surface area contributed by atoms with E-state index < -0.39 is 0 Å². The molecule has 0 aliphatic carbocycles. The fraction of sp³-hybridized carbons (Fsp3) is 0.600. The first-order valence-electron chi connectivity index (χ1n) is 4.53. The molecule has 0 aromatic rings. The Morgan fingerprint density at radius 2 is 1.77 bits per heavy atom. The van der Waals surface area contributed by atoms with Gasteiger partial charge in [0.2, 0.25) is 0 Å². The highest BCUT2D eigenvalue weighted by Crippen LogP contribution is 1.94. The second kappa shape index (κ2) is 7.53. The molecule has 0 aliphatic rings. The molecule has 0 atom stereocenters. The first-order valence-corrected chi connectivity index (χ1v) is 4.53. The van der Waals surface area contributed by atoms with E-state index in [1.165, 1.54) is 0 Å². The normalized spacial score (nSPS) is 10.3. The Hall–Kier alpha value is -1.12. The number of hydrogen-bond acceptors (Lipinski definition) is 3. The maximum Gasteiger partial charge on any atom is 0.309 e. The largest absolute Gasteiger partial charge is 0.466 e. The smallest absolute Gasteiger partial charge is 0.309 e. The van der Waals surface area contributed by atoms with E-state index in [9.17, 15) is 9.59 Å². The fourth-order valence-corrected chi connectivity index (χ4v) is 0.759. The van der Waals surface area contributed by atoms with Crippen molar-refractivity contribution in [3.8, 4) is 0 Å². The summed E-state index contributed by atoms with van der Waals surface area (Å²) in [5.74, 6) is -0.0668. The predicted molar refractivity (Wildman–Crippen MR) is 50.3 cm³/mol. The van der Waals surface area contributed by atoms with Crippen LogP contribution in [0, 0.1) is 0 Å². The van der Waals surface area contributed by atoms with Crippen molar-refractivity contribution in [1.82, 2.24) is 0 Å². The molecule has 0 heterocycles.